The molecule has 23 heavy (non-hydrogen) atoms. The average Bonchev–Trinajstić information content (AvgIpc) is 2.54. The van der Waals surface area contributed by atoms with Crippen LogP contribution in [0, 0.1) is 13.8 Å². The summed E-state index contributed by atoms with van der Waals surface area (Å²) in [7, 11) is 0. The Morgan fingerprint density at radius 3 is 2.83 bits per heavy atom. The summed E-state index contributed by atoms with van der Waals surface area (Å²) in [5, 5.41) is 2.91. The second-order valence-corrected chi connectivity index (χ2v) is 6.62. The lowest BCUT2D eigenvalue weighted by atomic mass is 10.1. The number of amides is 2. The van der Waals surface area contributed by atoms with Gasteiger partial charge in [-0.1, -0.05) is 24.3 Å². The molecule has 0 spiro atoms. The zero-order valence-electron chi connectivity index (χ0n) is 13.1. The smallest absolute Gasteiger partial charge is 0.244 e. The first-order chi connectivity index (χ1) is 11.0. The average molecular weight is 326 g/mol. The summed E-state index contributed by atoms with van der Waals surface area (Å²) in [4.78, 5) is 27.2. The van der Waals surface area contributed by atoms with Gasteiger partial charge in [-0.15, -0.1) is 11.8 Å². The van der Waals surface area contributed by atoms with Gasteiger partial charge in [0, 0.05) is 10.6 Å². The Bertz CT molecular complexity index is 773. The minimum atomic E-state index is -0.186. The van der Waals surface area contributed by atoms with Crippen molar-refractivity contribution in [1.82, 2.24) is 0 Å². The summed E-state index contributed by atoms with van der Waals surface area (Å²) in [6.45, 7) is 3.97. The lowest BCUT2D eigenvalue weighted by Crippen LogP contribution is -2.41. The molecule has 0 bridgehead atoms. The van der Waals surface area contributed by atoms with Gasteiger partial charge < -0.3 is 10.2 Å². The third kappa shape index (κ3) is 3.40. The van der Waals surface area contributed by atoms with Crippen LogP contribution in [0.1, 0.15) is 11.1 Å². The Balaban J connectivity index is 1.78. The Labute approximate surface area is 139 Å². The van der Waals surface area contributed by atoms with Crippen molar-refractivity contribution >= 4 is 35.0 Å². The summed E-state index contributed by atoms with van der Waals surface area (Å²) in [6.07, 6.45) is 0. The molecule has 2 aromatic rings. The molecule has 0 saturated heterocycles. The van der Waals surface area contributed by atoms with Crippen molar-refractivity contribution in [1.29, 1.82) is 0 Å². The Morgan fingerprint density at radius 1 is 1.22 bits per heavy atom. The summed E-state index contributed by atoms with van der Waals surface area (Å²) >= 11 is 1.51. The largest absolute Gasteiger partial charge is 0.324 e. The van der Waals surface area contributed by atoms with Crippen molar-refractivity contribution < 1.29 is 9.59 Å². The molecule has 2 amide bonds. The third-order valence-corrected chi connectivity index (χ3v) is 4.82. The Hall–Kier alpha value is -2.27. The van der Waals surface area contributed by atoms with Gasteiger partial charge >= 0.3 is 0 Å². The topological polar surface area (TPSA) is 49.4 Å². The highest BCUT2D eigenvalue weighted by Crippen LogP contribution is 2.34. The number of para-hydroxylation sites is 1. The quantitative estimate of drug-likeness (QED) is 0.941. The summed E-state index contributed by atoms with van der Waals surface area (Å²) in [5.41, 5.74) is 3.69. The van der Waals surface area contributed by atoms with Gasteiger partial charge in [-0.3, -0.25) is 9.59 Å². The van der Waals surface area contributed by atoms with Crippen molar-refractivity contribution in [2.24, 2.45) is 0 Å². The van der Waals surface area contributed by atoms with Crippen molar-refractivity contribution in [2.45, 2.75) is 18.7 Å². The molecular weight excluding hydrogens is 308 g/mol. The SMILES string of the molecule is Cc1ccc(C)c(NC(=O)CN2C(=O)CSc3ccccc32)c1. The summed E-state index contributed by atoms with van der Waals surface area (Å²) in [5.74, 6) is 0.145. The number of aryl methyl sites for hydroxylation is 2. The zero-order valence-corrected chi connectivity index (χ0v) is 13.9. The first-order valence-corrected chi connectivity index (χ1v) is 8.42. The van der Waals surface area contributed by atoms with Crippen LogP contribution >= 0.6 is 11.8 Å². The van der Waals surface area contributed by atoms with Crippen LogP contribution in [0.3, 0.4) is 0 Å². The molecule has 2 aromatic carbocycles. The van der Waals surface area contributed by atoms with Crippen LogP contribution < -0.4 is 10.2 Å². The lowest BCUT2D eigenvalue weighted by Gasteiger charge is -2.28. The lowest BCUT2D eigenvalue weighted by molar-refractivity contribution is -0.120. The van der Waals surface area contributed by atoms with E-state index in [1.165, 1.54) is 11.8 Å². The number of anilines is 2. The third-order valence-electron chi connectivity index (χ3n) is 3.78. The van der Waals surface area contributed by atoms with E-state index in [2.05, 4.69) is 5.32 Å². The number of fused-ring (bicyclic) bond motifs is 1. The number of carbonyl (C=O) groups excluding carboxylic acids is 2. The molecule has 0 aliphatic carbocycles. The fourth-order valence-electron chi connectivity index (χ4n) is 2.53. The predicted octanol–water partition coefficient (Wildman–Crippen LogP) is 3.38. The molecule has 1 heterocycles. The fraction of sp³-hybridized carbons (Fsp3) is 0.222. The highest BCUT2D eigenvalue weighted by molar-refractivity contribution is 8.00. The molecular formula is C18H18N2O2S. The first kappa shape index (κ1) is 15.6. The van der Waals surface area contributed by atoms with Gasteiger partial charge in [0.2, 0.25) is 11.8 Å². The number of hydrogen-bond acceptors (Lipinski definition) is 3. The van der Waals surface area contributed by atoms with Gasteiger partial charge in [0.1, 0.15) is 6.54 Å². The van der Waals surface area contributed by atoms with Crippen molar-refractivity contribution in [3.8, 4) is 0 Å². The van der Waals surface area contributed by atoms with E-state index >= 15 is 0 Å². The highest BCUT2D eigenvalue weighted by Gasteiger charge is 2.26. The number of nitrogens with zero attached hydrogens (tertiary/aromatic N) is 1. The van der Waals surface area contributed by atoms with E-state index in [-0.39, 0.29) is 18.4 Å². The van der Waals surface area contributed by atoms with E-state index in [4.69, 9.17) is 0 Å². The van der Waals surface area contributed by atoms with E-state index in [1.807, 2.05) is 56.3 Å². The minimum Gasteiger partial charge on any atom is -0.324 e. The molecule has 118 valence electrons. The van der Waals surface area contributed by atoms with Gasteiger partial charge in [0.15, 0.2) is 0 Å². The molecule has 0 fully saturated rings. The maximum absolute atomic E-state index is 12.4. The van der Waals surface area contributed by atoms with Crippen molar-refractivity contribution in [2.75, 3.05) is 22.5 Å². The predicted molar refractivity (Wildman–Crippen MR) is 94.1 cm³/mol. The van der Waals surface area contributed by atoms with Crippen LogP contribution in [0.5, 0.6) is 0 Å². The van der Waals surface area contributed by atoms with Gasteiger partial charge in [-0.2, -0.15) is 0 Å². The van der Waals surface area contributed by atoms with Crippen LogP contribution in [0.15, 0.2) is 47.4 Å². The highest BCUT2D eigenvalue weighted by atomic mass is 32.2. The maximum atomic E-state index is 12.4. The molecule has 1 aliphatic heterocycles. The monoisotopic (exact) mass is 326 g/mol. The molecule has 0 radical (unpaired) electrons. The van der Waals surface area contributed by atoms with Gasteiger partial charge in [0.25, 0.3) is 0 Å². The van der Waals surface area contributed by atoms with Crippen molar-refractivity contribution in [3.63, 3.8) is 0 Å². The van der Waals surface area contributed by atoms with E-state index in [0.717, 1.165) is 27.4 Å². The molecule has 0 unspecified atom stereocenters. The van der Waals surface area contributed by atoms with E-state index in [0.29, 0.717) is 5.75 Å². The first-order valence-electron chi connectivity index (χ1n) is 7.44. The van der Waals surface area contributed by atoms with Crippen LogP contribution in [0.2, 0.25) is 0 Å². The molecule has 3 rings (SSSR count). The Morgan fingerprint density at radius 2 is 2.00 bits per heavy atom. The molecule has 1 aliphatic rings. The standard InChI is InChI=1S/C18H18N2O2S/c1-12-7-8-13(2)14(9-12)19-17(21)10-20-15-5-3-4-6-16(15)23-11-18(20)22/h3-9H,10-11H2,1-2H3,(H,19,21). The van der Waals surface area contributed by atoms with Crippen LogP contribution in [0.25, 0.3) is 0 Å². The van der Waals surface area contributed by atoms with Gasteiger partial charge in [0.05, 0.1) is 11.4 Å². The summed E-state index contributed by atoms with van der Waals surface area (Å²) < 4.78 is 0. The number of thioether (sulfide) groups is 1. The number of hydrogen-bond donors (Lipinski definition) is 1. The molecule has 4 nitrogen and oxygen atoms in total. The zero-order chi connectivity index (χ0) is 16.4. The maximum Gasteiger partial charge on any atom is 0.244 e. The second kappa shape index (κ2) is 6.46. The van der Waals surface area contributed by atoms with Gasteiger partial charge in [-0.05, 0) is 43.2 Å². The molecule has 0 saturated carbocycles. The molecule has 0 aromatic heterocycles. The van der Waals surface area contributed by atoms with Crippen LogP contribution in [-0.4, -0.2) is 24.1 Å². The Kier molecular flexibility index (Phi) is 4.39. The van der Waals surface area contributed by atoms with Crippen LogP contribution in [0.4, 0.5) is 11.4 Å². The van der Waals surface area contributed by atoms with Crippen molar-refractivity contribution in [3.05, 3.63) is 53.6 Å². The number of rotatable bonds is 3. The molecule has 5 heteroatoms. The van der Waals surface area contributed by atoms with Crippen LogP contribution in [-0.2, 0) is 9.59 Å². The second-order valence-electron chi connectivity index (χ2n) is 5.60. The number of benzene rings is 2. The van der Waals surface area contributed by atoms with E-state index < -0.39 is 0 Å². The summed E-state index contributed by atoms with van der Waals surface area (Å²) in [6, 6.07) is 13.6. The minimum absolute atomic E-state index is 0.0315. The molecule has 1 N–H and O–H groups in total. The number of carbonyl (C=O) groups is 2. The molecule has 0 atom stereocenters. The number of nitrogens with one attached hydrogen (secondary N) is 1. The van der Waals surface area contributed by atoms with Gasteiger partial charge in [-0.25, -0.2) is 0 Å². The normalized spacial score (nSPS) is 13.7. The van der Waals surface area contributed by atoms with E-state index in [1.54, 1.807) is 4.90 Å². The van der Waals surface area contributed by atoms with E-state index in [9.17, 15) is 9.59 Å². The fourth-order valence-corrected chi connectivity index (χ4v) is 3.47.